The number of likely N-dealkylation sites (tertiary alicyclic amines) is 1. The van der Waals surface area contributed by atoms with E-state index >= 15 is 0 Å². The lowest BCUT2D eigenvalue weighted by Gasteiger charge is -2.41. The van der Waals surface area contributed by atoms with Gasteiger partial charge in [0.1, 0.15) is 5.25 Å². The molecule has 140 valence electrons. The zero-order chi connectivity index (χ0) is 18.5. The van der Waals surface area contributed by atoms with Crippen LogP contribution in [0.15, 0.2) is 10.6 Å². The summed E-state index contributed by atoms with van der Waals surface area (Å²) in [5.41, 5.74) is 2.02. The molecule has 2 aromatic rings. The van der Waals surface area contributed by atoms with Crippen molar-refractivity contribution in [1.29, 1.82) is 0 Å². The number of pyridine rings is 1. The second kappa shape index (κ2) is 6.29. The van der Waals surface area contributed by atoms with Gasteiger partial charge in [-0.25, -0.2) is 13.4 Å². The molecule has 2 saturated heterocycles. The minimum Gasteiger partial charge on any atom is -0.379 e. The van der Waals surface area contributed by atoms with E-state index < -0.39 is 15.3 Å². The molecule has 0 atom stereocenters. The van der Waals surface area contributed by atoms with E-state index in [1.165, 1.54) is 4.31 Å². The molecule has 4 rings (SSSR count). The van der Waals surface area contributed by atoms with E-state index in [1.54, 1.807) is 24.8 Å². The maximum atomic E-state index is 12.9. The van der Waals surface area contributed by atoms with E-state index in [0.29, 0.717) is 54.4 Å². The Labute approximate surface area is 150 Å². The van der Waals surface area contributed by atoms with Crippen LogP contribution in [0.3, 0.4) is 0 Å². The molecule has 0 aromatic carbocycles. The van der Waals surface area contributed by atoms with E-state index in [2.05, 4.69) is 10.1 Å². The molecule has 0 radical (unpaired) electrons. The molecule has 9 nitrogen and oxygen atoms in total. The van der Waals surface area contributed by atoms with Gasteiger partial charge in [-0.1, -0.05) is 5.16 Å². The van der Waals surface area contributed by atoms with Crippen LogP contribution < -0.4 is 0 Å². The summed E-state index contributed by atoms with van der Waals surface area (Å²) >= 11 is 0. The van der Waals surface area contributed by atoms with Gasteiger partial charge >= 0.3 is 0 Å². The van der Waals surface area contributed by atoms with E-state index in [-0.39, 0.29) is 19.0 Å². The Bertz CT molecular complexity index is 958. The predicted octanol–water partition coefficient (Wildman–Crippen LogP) is 0.326. The van der Waals surface area contributed by atoms with Crippen LogP contribution in [0.4, 0.5) is 0 Å². The smallest absolute Gasteiger partial charge is 0.258 e. The lowest BCUT2D eigenvalue weighted by atomic mass is 10.1. The number of carbonyl (C=O) groups is 1. The fraction of sp³-hybridized carbons (Fsp3) is 0.562. The highest BCUT2D eigenvalue weighted by molar-refractivity contribution is 7.89. The van der Waals surface area contributed by atoms with Crippen LogP contribution in [0.1, 0.15) is 21.7 Å². The average molecular weight is 380 g/mol. The van der Waals surface area contributed by atoms with Crippen LogP contribution >= 0.6 is 0 Å². The molecule has 10 heteroatoms. The second-order valence-electron chi connectivity index (χ2n) is 6.65. The standard InChI is InChI=1S/C16H20N4O5S/c1-10-7-13(14-11(2)18-25-15(14)17-10)16(21)19-8-12(9-19)26(22,23)20-3-5-24-6-4-20/h7,12H,3-6,8-9H2,1-2H3. The molecule has 0 aliphatic carbocycles. The van der Waals surface area contributed by atoms with Gasteiger partial charge in [-0.15, -0.1) is 0 Å². The monoisotopic (exact) mass is 380 g/mol. The minimum absolute atomic E-state index is 0.186. The van der Waals surface area contributed by atoms with Crippen molar-refractivity contribution in [2.75, 3.05) is 39.4 Å². The number of fused-ring (bicyclic) bond motifs is 1. The van der Waals surface area contributed by atoms with E-state index in [1.807, 2.05) is 0 Å². The van der Waals surface area contributed by atoms with Crippen LogP contribution in [-0.2, 0) is 14.8 Å². The number of hydrogen-bond donors (Lipinski definition) is 0. The Morgan fingerprint density at radius 3 is 2.62 bits per heavy atom. The van der Waals surface area contributed by atoms with Gasteiger partial charge in [-0.3, -0.25) is 4.79 Å². The highest BCUT2D eigenvalue weighted by atomic mass is 32.2. The fourth-order valence-corrected chi connectivity index (χ4v) is 5.18. The normalized spacial score (nSPS) is 19.7. The third-order valence-electron chi connectivity index (χ3n) is 4.86. The average Bonchev–Trinajstić information content (AvgIpc) is 2.94. The summed E-state index contributed by atoms with van der Waals surface area (Å²) in [7, 11) is -3.41. The van der Waals surface area contributed by atoms with Gasteiger partial charge in [0.25, 0.3) is 11.6 Å². The quantitative estimate of drug-likeness (QED) is 0.755. The van der Waals surface area contributed by atoms with E-state index in [9.17, 15) is 13.2 Å². The van der Waals surface area contributed by atoms with Crippen LogP contribution in [0.5, 0.6) is 0 Å². The zero-order valence-corrected chi connectivity index (χ0v) is 15.5. The molecule has 1 amide bonds. The fourth-order valence-electron chi connectivity index (χ4n) is 3.36. The lowest BCUT2D eigenvalue weighted by molar-refractivity contribution is 0.0618. The molecule has 4 heterocycles. The molecular weight excluding hydrogens is 360 g/mol. The number of morpholine rings is 1. The van der Waals surface area contributed by atoms with E-state index in [0.717, 1.165) is 0 Å². The highest BCUT2D eigenvalue weighted by Gasteiger charge is 2.43. The van der Waals surface area contributed by atoms with Crippen molar-refractivity contribution in [3.8, 4) is 0 Å². The van der Waals surface area contributed by atoms with Gasteiger partial charge < -0.3 is 14.2 Å². The summed E-state index contributed by atoms with van der Waals surface area (Å²) < 4.78 is 37.1. The lowest BCUT2D eigenvalue weighted by Crippen LogP contribution is -2.61. The number of carbonyl (C=O) groups excluding carboxylic acids is 1. The summed E-state index contributed by atoms with van der Waals surface area (Å²) in [5, 5.41) is 3.90. The third kappa shape index (κ3) is 2.78. The Balaban J connectivity index is 1.53. The number of rotatable bonds is 3. The van der Waals surface area contributed by atoms with Gasteiger partial charge in [0.2, 0.25) is 10.0 Å². The molecule has 2 aliphatic heterocycles. The summed E-state index contributed by atoms with van der Waals surface area (Å²) in [6.45, 7) is 5.47. The summed E-state index contributed by atoms with van der Waals surface area (Å²) in [5.74, 6) is -0.222. The van der Waals surface area contributed by atoms with Crippen molar-refractivity contribution >= 4 is 27.0 Å². The van der Waals surface area contributed by atoms with Crippen LogP contribution in [0, 0.1) is 13.8 Å². The Kier molecular flexibility index (Phi) is 4.20. The summed E-state index contributed by atoms with van der Waals surface area (Å²) in [4.78, 5) is 18.7. The molecule has 0 unspecified atom stereocenters. The molecule has 2 fully saturated rings. The van der Waals surface area contributed by atoms with Crippen molar-refractivity contribution in [2.24, 2.45) is 0 Å². The zero-order valence-electron chi connectivity index (χ0n) is 14.6. The van der Waals surface area contributed by atoms with Crippen LogP contribution in [-0.4, -0.2) is 78.3 Å². The number of hydrogen-bond acceptors (Lipinski definition) is 7. The topological polar surface area (TPSA) is 106 Å². The maximum absolute atomic E-state index is 12.9. The number of sulfonamides is 1. The number of amides is 1. The summed E-state index contributed by atoms with van der Waals surface area (Å²) in [6.07, 6.45) is 0. The largest absolute Gasteiger partial charge is 0.379 e. The highest BCUT2D eigenvalue weighted by Crippen LogP contribution is 2.27. The van der Waals surface area contributed by atoms with Gasteiger partial charge in [0.05, 0.1) is 29.9 Å². The predicted molar refractivity (Wildman–Crippen MR) is 92.3 cm³/mol. The van der Waals surface area contributed by atoms with Crippen molar-refractivity contribution in [3.05, 3.63) is 23.0 Å². The molecule has 2 aromatic heterocycles. The Morgan fingerprint density at radius 2 is 1.92 bits per heavy atom. The summed E-state index contributed by atoms with van der Waals surface area (Å²) in [6, 6.07) is 1.69. The van der Waals surface area contributed by atoms with Crippen molar-refractivity contribution in [2.45, 2.75) is 19.1 Å². The first-order valence-corrected chi connectivity index (χ1v) is 9.98. The van der Waals surface area contributed by atoms with Crippen molar-refractivity contribution < 1.29 is 22.5 Å². The van der Waals surface area contributed by atoms with E-state index in [4.69, 9.17) is 9.26 Å². The first kappa shape index (κ1) is 17.4. The van der Waals surface area contributed by atoms with Crippen molar-refractivity contribution in [3.63, 3.8) is 0 Å². The third-order valence-corrected chi connectivity index (χ3v) is 7.09. The number of nitrogens with zero attached hydrogens (tertiary/aromatic N) is 4. The molecule has 0 spiro atoms. The minimum atomic E-state index is -3.41. The van der Waals surface area contributed by atoms with Crippen LogP contribution in [0.2, 0.25) is 0 Å². The molecule has 0 saturated carbocycles. The van der Waals surface area contributed by atoms with Crippen LogP contribution in [0.25, 0.3) is 11.1 Å². The number of ether oxygens (including phenoxy) is 1. The Morgan fingerprint density at radius 1 is 1.23 bits per heavy atom. The maximum Gasteiger partial charge on any atom is 0.258 e. The SMILES string of the molecule is Cc1cc(C(=O)N2CC(S(=O)(=O)N3CCOCC3)C2)c2c(C)noc2n1. The molecule has 2 aliphatic rings. The number of aryl methyl sites for hydroxylation is 2. The number of aromatic nitrogens is 2. The van der Waals surface area contributed by atoms with Gasteiger partial charge in [-0.05, 0) is 19.9 Å². The van der Waals surface area contributed by atoms with Crippen molar-refractivity contribution in [1.82, 2.24) is 19.3 Å². The second-order valence-corrected chi connectivity index (χ2v) is 8.86. The van der Waals surface area contributed by atoms with Gasteiger partial charge in [-0.2, -0.15) is 4.31 Å². The van der Waals surface area contributed by atoms with Gasteiger partial charge in [0.15, 0.2) is 0 Å². The molecular formula is C16H20N4O5S. The Hall–Kier alpha value is -2.04. The molecule has 0 bridgehead atoms. The molecule has 0 N–H and O–H groups in total. The first-order valence-electron chi connectivity index (χ1n) is 8.47. The van der Waals surface area contributed by atoms with Gasteiger partial charge in [0, 0.05) is 31.9 Å². The first-order chi connectivity index (χ1) is 12.4. The molecule has 26 heavy (non-hydrogen) atoms.